The largest absolute Gasteiger partial charge is 0.320 e. The van der Waals surface area contributed by atoms with Gasteiger partial charge in [0.05, 0.1) is 6.04 Å². The molecule has 0 spiro atoms. The zero-order valence-corrected chi connectivity index (χ0v) is 10.7. The van der Waals surface area contributed by atoms with Gasteiger partial charge in [0.25, 0.3) is 0 Å². The van der Waals surface area contributed by atoms with E-state index in [0.717, 1.165) is 27.5 Å². The standard InChI is InChI=1S/C16H15N3/c1-11-8-18-7-6-13(11)16(17)15-10-19-9-12-4-2-3-5-14(12)15/h2-10,16H,17H2,1H3. The fourth-order valence-electron chi connectivity index (χ4n) is 2.39. The summed E-state index contributed by atoms with van der Waals surface area (Å²) in [5, 5.41) is 2.27. The fraction of sp³-hybridized carbons (Fsp3) is 0.125. The first-order valence-corrected chi connectivity index (χ1v) is 6.26. The van der Waals surface area contributed by atoms with Crippen LogP contribution in [0.4, 0.5) is 0 Å². The first-order chi connectivity index (χ1) is 9.27. The van der Waals surface area contributed by atoms with Crippen molar-refractivity contribution >= 4 is 10.8 Å². The second-order valence-electron chi connectivity index (χ2n) is 4.66. The Morgan fingerprint density at radius 3 is 2.63 bits per heavy atom. The predicted molar refractivity (Wildman–Crippen MR) is 76.7 cm³/mol. The normalized spacial score (nSPS) is 12.5. The minimum Gasteiger partial charge on any atom is -0.320 e. The van der Waals surface area contributed by atoms with Gasteiger partial charge in [-0.25, -0.2) is 0 Å². The van der Waals surface area contributed by atoms with Crippen molar-refractivity contribution in [1.29, 1.82) is 0 Å². The Hall–Kier alpha value is -2.26. The number of hydrogen-bond donors (Lipinski definition) is 1. The summed E-state index contributed by atoms with van der Waals surface area (Å²) in [6.07, 6.45) is 7.34. The van der Waals surface area contributed by atoms with Crippen molar-refractivity contribution in [3.8, 4) is 0 Å². The Morgan fingerprint density at radius 2 is 1.79 bits per heavy atom. The topological polar surface area (TPSA) is 51.8 Å². The van der Waals surface area contributed by atoms with Gasteiger partial charge in [-0.1, -0.05) is 24.3 Å². The third kappa shape index (κ3) is 2.09. The zero-order chi connectivity index (χ0) is 13.2. The first kappa shape index (κ1) is 11.8. The molecule has 2 N–H and O–H groups in total. The fourth-order valence-corrected chi connectivity index (χ4v) is 2.39. The van der Waals surface area contributed by atoms with E-state index in [1.165, 1.54) is 0 Å². The summed E-state index contributed by atoms with van der Waals surface area (Å²) >= 11 is 0. The van der Waals surface area contributed by atoms with Gasteiger partial charge in [-0.2, -0.15) is 0 Å². The van der Waals surface area contributed by atoms with Crippen LogP contribution >= 0.6 is 0 Å². The van der Waals surface area contributed by atoms with Crippen molar-refractivity contribution in [3.63, 3.8) is 0 Å². The minimum atomic E-state index is -0.179. The van der Waals surface area contributed by atoms with E-state index in [1.54, 1.807) is 6.20 Å². The van der Waals surface area contributed by atoms with Gasteiger partial charge < -0.3 is 5.73 Å². The molecule has 19 heavy (non-hydrogen) atoms. The van der Waals surface area contributed by atoms with Gasteiger partial charge >= 0.3 is 0 Å². The summed E-state index contributed by atoms with van der Waals surface area (Å²) in [7, 11) is 0. The van der Waals surface area contributed by atoms with Crippen molar-refractivity contribution in [1.82, 2.24) is 9.97 Å². The van der Waals surface area contributed by atoms with Crippen LogP contribution in [0, 0.1) is 6.92 Å². The van der Waals surface area contributed by atoms with E-state index in [0.29, 0.717) is 0 Å². The molecule has 0 fully saturated rings. The van der Waals surface area contributed by atoms with Crippen LogP contribution < -0.4 is 5.73 Å². The predicted octanol–water partition coefficient (Wildman–Crippen LogP) is 2.99. The lowest BCUT2D eigenvalue weighted by Crippen LogP contribution is -2.14. The third-order valence-corrected chi connectivity index (χ3v) is 3.43. The van der Waals surface area contributed by atoms with Crippen LogP contribution in [0.5, 0.6) is 0 Å². The summed E-state index contributed by atoms with van der Waals surface area (Å²) < 4.78 is 0. The number of benzene rings is 1. The van der Waals surface area contributed by atoms with Crippen LogP contribution in [-0.4, -0.2) is 9.97 Å². The van der Waals surface area contributed by atoms with E-state index in [-0.39, 0.29) is 6.04 Å². The van der Waals surface area contributed by atoms with E-state index in [9.17, 15) is 0 Å². The average molecular weight is 249 g/mol. The number of fused-ring (bicyclic) bond motifs is 1. The zero-order valence-electron chi connectivity index (χ0n) is 10.7. The molecule has 1 unspecified atom stereocenters. The lowest BCUT2D eigenvalue weighted by Gasteiger charge is -2.16. The molecule has 2 aromatic heterocycles. The van der Waals surface area contributed by atoms with Gasteiger partial charge in [-0.3, -0.25) is 9.97 Å². The molecule has 3 aromatic rings. The maximum absolute atomic E-state index is 6.42. The summed E-state index contributed by atoms with van der Waals surface area (Å²) in [6.45, 7) is 2.03. The Kier molecular flexibility index (Phi) is 2.97. The third-order valence-electron chi connectivity index (χ3n) is 3.43. The molecule has 0 aliphatic heterocycles. The number of hydrogen-bond acceptors (Lipinski definition) is 3. The second kappa shape index (κ2) is 4.78. The number of nitrogens with two attached hydrogens (primary N) is 1. The molecular formula is C16H15N3. The highest BCUT2D eigenvalue weighted by Gasteiger charge is 2.14. The average Bonchev–Trinajstić information content (AvgIpc) is 2.46. The van der Waals surface area contributed by atoms with Crippen LogP contribution in [0.25, 0.3) is 10.8 Å². The van der Waals surface area contributed by atoms with Crippen LogP contribution in [-0.2, 0) is 0 Å². The van der Waals surface area contributed by atoms with Gasteiger partial charge in [0.2, 0.25) is 0 Å². The van der Waals surface area contributed by atoms with E-state index >= 15 is 0 Å². The maximum atomic E-state index is 6.42. The Labute approximate surface area is 112 Å². The highest BCUT2D eigenvalue weighted by atomic mass is 14.7. The van der Waals surface area contributed by atoms with Crippen molar-refractivity contribution in [2.45, 2.75) is 13.0 Å². The number of nitrogens with zero attached hydrogens (tertiary/aromatic N) is 2. The SMILES string of the molecule is Cc1cnccc1C(N)c1cncc2ccccc12. The maximum Gasteiger partial charge on any atom is 0.0576 e. The smallest absolute Gasteiger partial charge is 0.0576 e. The number of aryl methyl sites for hydroxylation is 1. The highest BCUT2D eigenvalue weighted by molar-refractivity contribution is 5.85. The van der Waals surface area contributed by atoms with Gasteiger partial charge in [0.15, 0.2) is 0 Å². The van der Waals surface area contributed by atoms with Crippen LogP contribution in [0.2, 0.25) is 0 Å². The molecule has 0 amide bonds. The van der Waals surface area contributed by atoms with Crippen molar-refractivity contribution in [3.05, 3.63) is 71.8 Å². The monoisotopic (exact) mass is 249 g/mol. The van der Waals surface area contributed by atoms with Crippen molar-refractivity contribution in [2.75, 3.05) is 0 Å². The summed E-state index contributed by atoms with van der Waals surface area (Å²) in [5.74, 6) is 0. The van der Waals surface area contributed by atoms with Crippen molar-refractivity contribution < 1.29 is 0 Å². The van der Waals surface area contributed by atoms with E-state index < -0.39 is 0 Å². The summed E-state index contributed by atoms with van der Waals surface area (Å²) in [6, 6.07) is 9.97. The molecule has 0 saturated carbocycles. The molecule has 3 heteroatoms. The lowest BCUT2D eigenvalue weighted by molar-refractivity contribution is 0.859. The number of pyridine rings is 2. The van der Waals surface area contributed by atoms with E-state index in [1.807, 2.05) is 43.7 Å². The molecule has 1 atom stereocenters. The van der Waals surface area contributed by atoms with Crippen LogP contribution in [0.15, 0.2) is 55.1 Å². The second-order valence-corrected chi connectivity index (χ2v) is 4.66. The minimum absolute atomic E-state index is 0.179. The van der Waals surface area contributed by atoms with Gasteiger partial charge in [-0.05, 0) is 35.1 Å². The van der Waals surface area contributed by atoms with Crippen LogP contribution in [0.1, 0.15) is 22.7 Å². The molecule has 2 heterocycles. The van der Waals surface area contributed by atoms with E-state index in [2.05, 4.69) is 22.1 Å². The number of rotatable bonds is 2. The summed E-state index contributed by atoms with van der Waals surface area (Å²) in [5.41, 5.74) is 9.65. The van der Waals surface area contributed by atoms with Gasteiger partial charge in [-0.15, -0.1) is 0 Å². The molecule has 0 radical (unpaired) electrons. The molecule has 0 aliphatic rings. The molecule has 0 saturated heterocycles. The lowest BCUT2D eigenvalue weighted by atomic mass is 9.95. The molecule has 3 rings (SSSR count). The van der Waals surface area contributed by atoms with Gasteiger partial charge in [0, 0.05) is 30.2 Å². The number of aromatic nitrogens is 2. The Balaban J connectivity index is 2.17. The van der Waals surface area contributed by atoms with E-state index in [4.69, 9.17) is 5.73 Å². The molecule has 0 bridgehead atoms. The molecule has 0 aliphatic carbocycles. The highest BCUT2D eigenvalue weighted by Crippen LogP contribution is 2.27. The molecular weight excluding hydrogens is 234 g/mol. The van der Waals surface area contributed by atoms with Crippen molar-refractivity contribution in [2.24, 2.45) is 5.73 Å². The van der Waals surface area contributed by atoms with Gasteiger partial charge in [0.1, 0.15) is 0 Å². The quantitative estimate of drug-likeness (QED) is 0.759. The Bertz CT molecular complexity index is 717. The Morgan fingerprint density at radius 1 is 0.947 bits per heavy atom. The molecule has 94 valence electrons. The molecule has 3 nitrogen and oxygen atoms in total. The first-order valence-electron chi connectivity index (χ1n) is 6.26. The van der Waals surface area contributed by atoms with Crippen LogP contribution in [0.3, 0.4) is 0 Å². The summed E-state index contributed by atoms with van der Waals surface area (Å²) in [4.78, 5) is 8.41. The molecule has 1 aromatic carbocycles.